The van der Waals surface area contributed by atoms with Crippen LogP contribution in [0.3, 0.4) is 0 Å². The normalized spacial score (nSPS) is 11.7. The van der Waals surface area contributed by atoms with Gasteiger partial charge in [0.1, 0.15) is 12.4 Å². The number of halogens is 2. The second-order valence-electron chi connectivity index (χ2n) is 5.95. The summed E-state index contributed by atoms with van der Waals surface area (Å²) in [5.74, 6) is 0.828. The van der Waals surface area contributed by atoms with Crippen LogP contribution in [0.2, 0.25) is 0 Å². The van der Waals surface area contributed by atoms with Crippen LogP contribution in [0.25, 0.3) is 0 Å². The Bertz CT molecular complexity index is 421. The van der Waals surface area contributed by atoms with Crippen molar-refractivity contribution in [3.05, 3.63) is 26.6 Å². The summed E-state index contributed by atoms with van der Waals surface area (Å²) >= 11 is 7.16. The number of rotatable bonds is 8. The van der Waals surface area contributed by atoms with Gasteiger partial charge in [0.15, 0.2) is 0 Å². The Labute approximate surface area is 145 Å². The maximum Gasteiger partial charge on any atom is 0.147 e. The van der Waals surface area contributed by atoms with E-state index >= 15 is 0 Å². The monoisotopic (exact) mass is 421 g/mol. The minimum Gasteiger partial charge on any atom is -0.489 e. The fraction of sp³-hybridized carbons (Fsp3) is 0.625. The molecule has 0 saturated heterocycles. The molecule has 0 heterocycles. The van der Waals surface area contributed by atoms with Crippen molar-refractivity contribution in [3.8, 4) is 5.75 Å². The first-order chi connectivity index (χ1) is 9.83. The van der Waals surface area contributed by atoms with Crippen molar-refractivity contribution in [2.24, 2.45) is 0 Å². The lowest BCUT2D eigenvalue weighted by molar-refractivity contribution is 0.100. The Kier molecular flexibility index (Phi) is 8.24. The van der Waals surface area contributed by atoms with Crippen LogP contribution in [-0.2, 0) is 11.3 Å². The van der Waals surface area contributed by atoms with E-state index in [0.717, 1.165) is 34.3 Å². The van der Waals surface area contributed by atoms with Crippen molar-refractivity contribution in [2.45, 2.75) is 46.2 Å². The van der Waals surface area contributed by atoms with Crippen molar-refractivity contribution in [1.82, 2.24) is 5.32 Å². The number of hydrogen-bond acceptors (Lipinski definition) is 3. The van der Waals surface area contributed by atoms with Crippen LogP contribution in [-0.4, -0.2) is 25.4 Å². The minimum atomic E-state index is 0.102. The molecule has 120 valence electrons. The SMILES string of the molecule is CCCOCCOc1c(Br)cc(CNC(C)(C)C)cc1Br. The average Bonchev–Trinajstić information content (AvgIpc) is 2.38. The summed E-state index contributed by atoms with van der Waals surface area (Å²) in [5.41, 5.74) is 1.31. The fourth-order valence-electron chi connectivity index (χ4n) is 1.67. The van der Waals surface area contributed by atoms with Crippen molar-refractivity contribution >= 4 is 31.9 Å². The molecular weight excluding hydrogens is 398 g/mol. The van der Waals surface area contributed by atoms with Gasteiger partial charge in [0.05, 0.1) is 15.6 Å². The summed E-state index contributed by atoms with van der Waals surface area (Å²) in [6, 6.07) is 4.18. The Balaban J connectivity index is 2.58. The van der Waals surface area contributed by atoms with Crippen molar-refractivity contribution in [1.29, 1.82) is 0 Å². The van der Waals surface area contributed by atoms with Crippen molar-refractivity contribution < 1.29 is 9.47 Å². The standard InChI is InChI=1S/C16H25Br2NO2/c1-5-6-20-7-8-21-15-13(17)9-12(10-14(15)18)11-19-16(2,3)4/h9-10,19H,5-8,11H2,1-4H3. The average molecular weight is 423 g/mol. The molecule has 3 nitrogen and oxygen atoms in total. The molecule has 0 spiro atoms. The van der Waals surface area contributed by atoms with Gasteiger partial charge >= 0.3 is 0 Å². The Morgan fingerprint density at radius 3 is 2.19 bits per heavy atom. The molecule has 1 aromatic carbocycles. The van der Waals surface area contributed by atoms with E-state index in [2.05, 4.69) is 77.0 Å². The van der Waals surface area contributed by atoms with E-state index in [1.165, 1.54) is 5.56 Å². The highest BCUT2D eigenvalue weighted by Gasteiger charge is 2.12. The third kappa shape index (κ3) is 7.63. The molecule has 0 bridgehead atoms. The predicted octanol–water partition coefficient (Wildman–Crippen LogP) is 4.91. The number of benzene rings is 1. The van der Waals surface area contributed by atoms with E-state index < -0.39 is 0 Å². The molecule has 0 atom stereocenters. The minimum absolute atomic E-state index is 0.102. The summed E-state index contributed by atoms with van der Waals surface area (Å²) in [6.07, 6.45) is 1.03. The zero-order valence-corrected chi connectivity index (χ0v) is 16.4. The van der Waals surface area contributed by atoms with Gasteiger partial charge in [-0.1, -0.05) is 6.92 Å². The lowest BCUT2D eigenvalue weighted by Crippen LogP contribution is -2.35. The van der Waals surface area contributed by atoms with E-state index in [4.69, 9.17) is 9.47 Å². The third-order valence-corrected chi connectivity index (χ3v) is 3.88. The molecule has 21 heavy (non-hydrogen) atoms. The van der Waals surface area contributed by atoms with Crippen LogP contribution in [0.15, 0.2) is 21.1 Å². The maximum atomic E-state index is 5.78. The van der Waals surface area contributed by atoms with Gasteiger partial charge in [0, 0.05) is 18.7 Å². The van der Waals surface area contributed by atoms with E-state index in [9.17, 15) is 0 Å². The zero-order valence-electron chi connectivity index (χ0n) is 13.3. The van der Waals surface area contributed by atoms with Gasteiger partial charge < -0.3 is 14.8 Å². The highest BCUT2D eigenvalue weighted by molar-refractivity contribution is 9.11. The highest BCUT2D eigenvalue weighted by atomic mass is 79.9. The molecule has 0 aliphatic heterocycles. The molecule has 0 saturated carbocycles. The van der Waals surface area contributed by atoms with Crippen LogP contribution < -0.4 is 10.1 Å². The fourth-order valence-corrected chi connectivity index (χ4v) is 3.18. The van der Waals surface area contributed by atoms with Gasteiger partial charge in [-0.25, -0.2) is 0 Å². The number of hydrogen-bond donors (Lipinski definition) is 1. The molecule has 1 N–H and O–H groups in total. The van der Waals surface area contributed by atoms with E-state index in [-0.39, 0.29) is 5.54 Å². The largest absolute Gasteiger partial charge is 0.489 e. The first kappa shape index (κ1) is 18.9. The molecule has 5 heteroatoms. The van der Waals surface area contributed by atoms with Crippen LogP contribution >= 0.6 is 31.9 Å². The van der Waals surface area contributed by atoms with Gasteiger partial charge in [-0.2, -0.15) is 0 Å². The van der Waals surface area contributed by atoms with Gasteiger partial charge in [0.25, 0.3) is 0 Å². The van der Waals surface area contributed by atoms with E-state index in [1.807, 2.05) is 0 Å². The molecular formula is C16H25Br2NO2. The molecule has 0 unspecified atom stereocenters. The summed E-state index contributed by atoms with van der Waals surface area (Å²) in [6.45, 7) is 11.3. The van der Waals surface area contributed by atoms with E-state index in [0.29, 0.717) is 13.2 Å². The molecule has 1 rings (SSSR count). The topological polar surface area (TPSA) is 30.5 Å². The summed E-state index contributed by atoms with van der Waals surface area (Å²) < 4.78 is 13.1. The maximum absolute atomic E-state index is 5.78. The second kappa shape index (κ2) is 9.13. The molecule has 0 radical (unpaired) electrons. The van der Waals surface area contributed by atoms with Crippen molar-refractivity contribution in [2.75, 3.05) is 19.8 Å². The highest BCUT2D eigenvalue weighted by Crippen LogP contribution is 2.34. The van der Waals surface area contributed by atoms with Crippen LogP contribution in [0.1, 0.15) is 39.7 Å². The predicted molar refractivity (Wildman–Crippen MR) is 95.0 cm³/mol. The quantitative estimate of drug-likeness (QED) is 0.604. The molecule has 0 amide bonds. The molecule has 0 aliphatic rings. The van der Waals surface area contributed by atoms with Gasteiger partial charge in [0.2, 0.25) is 0 Å². The lowest BCUT2D eigenvalue weighted by Gasteiger charge is -2.21. The molecule has 0 aromatic heterocycles. The Morgan fingerprint density at radius 2 is 1.67 bits per heavy atom. The van der Waals surface area contributed by atoms with Crippen molar-refractivity contribution in [3.63, 3.8) is 0 Å². The van der Waals surface area contributed by atoms with E-state index in [1.54, 1.807) is 0 Å². The van der Waals surface area contributed by atoms with Gasteiger partial charge in [-0.3, -0.25) is 0 Å². The zero-order chi connectivity index (χ0) is 15.9. The van der Waals surface area contributed by atoms with Crippen LogP contribution in [0, 0.1) is 0 Å². The smallest absolute Gasteiger partial charge is 0.147 e. The summed E-state index contributed by atoms with van der Waals surface area (Å²) in [7, 11) is 0. The summed E-state index contributed by atoms with van der Waals surface area (Å²) in [5, 5.41) is 3.48. The summed E-state index contributed by atoms with van der Waals surface area (Å²) in [4.78, 5) is 0. The molecule has 0 aliphatic carbocycles. The van der Waals surface area contributed by atoms with Crippen LogP contribution in [0.4, 0.5) is 0 Å². The third-order valence-electron chi connectivity index (χ3n) is 2.70. The molecule has 0 fully saturated rings. The lowest BCUT2D eigenvalue weighted by atomic mass is 10.1. The van der Waals surface area contributed by atoms with Gasteiger partial charge in [-0.15, -0.1) is 0 Å². The number of ether oxygens (including phenoxy) is 2. The second-order valence-corrected chi connectivity index (χ2v) is 7.66. The first-order valence-electron chi connectivity index (χ1n) is 7.27. The number of nitrogens with one attached hydrogen (secondary N) is 1. The Morgan fingerprint density at radius 1 is 1.05 bits per heavy atom. The van der Waals surface area contributed by atoms with Crippen LogP contribution in [0.5, 0.6) is 5.75 Å². The first-order valence-corrected chi connectivity index (χ1v) is 8.85. The van der Waals surface area contributed by atoms with Gasteiger partial charge in [-0.05, 0) is 76.7 Å². The molecule has 1 aromatic rings. The Hall–Kier alpha value is -0.100.